The topological polar surface area (TPSA) is 66.7 Å². The Balaban J connectivity index is 1.56. The molecule has 1 aliphatic carbocycles. The van der Waals surface area contributed by atoms with E-state index in [-0.39, 0.29) is 12.0 Å². The number of aliphatic hydroxyl groups is 2. The van der Waals surface area contributed by atoms with Crippen LogP contribution in [0.5, 0.6) is 5.75 Å². The van der Waals surface area contributed by atoms with Crippen LogP contribution in [0.4, 0.5) is 0 Å². The summed E-state index contributed by atoms with van der Waals surface area (Å²) in [6, 6.07) is 16.0. The Morgan fingerprint density at radius 1 is 1.11 bits per heavy atom. The monoisotopic (exact) mass is 366 g/mol. The molecule has 4 unspecified atom stereocenters. The number of benzene rings is 2. The summed E-state index contributed by atoms with van der Waals surface area (Å²) in [5, 5.41) is 25.5. The van der Waals surface area contributed by atoms with Crippen molar-refractivity contribution in [3.05, 3.63) is 65.9 Å². The van der Waals surface area contributed by atoms with Crippen LogP contribution in [0.3, 0.4) is 0 Å². The highest BCUT2D eigenvalue weighted by molar-refractivity contribution is 5.83. The van der Waals surface area contributed by atoms with E-state index >= 15 is 0 Å². The number of fused-ring (bicyclic) bond motifs is 1. The maximum Gasteiger partial charge on any atom is 0.118 e. The third-order valence-corrected chi connectivity index (χ3v) is 5.74. The Labute approximate surface area is 159 Å². The summed E-state index contributed by atoms with van der Waals surface area (Å²) in [7, 11) is 3.69. The Morgan fingerprint density at radius 3 is 2.59 bits per heavy atom. The van der Waals surface area contributed by atoms with Crippen LogP contribution in [-0.2, 0) is 13.6 Å². The Bertz CT molecular complexity index is 919. The van der Waals surface area contributed by atoms with E-state index in [9.17, 15) is 10.2 Å². The molecule has 1 saturated carbocycles. The lowest BCUT2D eigenvalue weighted by atomic mass is 9.93. The molecule has 0 bridgehead atoms. The van der Waals surface area contributed by atoms with Gasteiger partial charge in [0.05, 0.1) is 19.3 Å². The number of aliphatic hydroxyl groups excluding tert-OH is 2. The molecule has 27 heavy (non-hydrogen) atoms. The lowest BCUT2D eigenvalue weighted by Gasteiger charge is -2.24. The van der Waals surface area contributed by atoms with Gasteiger partial charge in [0.25, 0.3) is 0 Å². The van der Waals surface area contributed by atoms with Gasteiger partial charge in [0.15, 0.2) is 0 Å². The molecule has 0 amide bonds. The van der Waals surface area contributed by atoms with E-state index in [4.69, 9.17) is 4.74 Å². The van der Waals surface area contributed by atoms with Crippen molar-refractivity contribution >= 4 is 10.9 Å². The summed E-state index contributed by atoms with van der Waals surface area (Å²) < 4.78 is 7.35. The Kier molecular flexibility index (Phi) is 4.91. The van der Waals surface area contributed by atoms with Crippen molar-refractivity contribution in [3.63, 3.8) is 0 Å². The van der Waals surface area contributed by atoms with Crippen LogP contribution in [0.15, 0.2) is 54.7 Å². The second kappa shape index (κ2) is 7.35. The summed E-state index contributed by atoms with van der Waals surface area (Å²) in [5.41, 5.74) is 3.48. The lowest BCUT2D eigenvalue weighted by molar-refractivity contribution is 0.0298. The van der Waals surface area contributed by atoms with Gasteiger partial charge in [-0.1, -0.05) is 30.3 Å². The van der Waals surface area contributed by atoms with E-state index in [1.807, 2.05) is 43.4 Å². The fourth-order valence-electron chi connectivity index (χ4n) is 4.28. The molecule has 3 aromatic rings. The number of nitrogens with zero attached hydrogens (tertiary/aromatic N) is 1. The molecule has 0 aliphatic heterocycles. The predicted molar refractivity (Wildman–Crippen MR) is 106 cm³/mol. The maximum atomic E-state index is 10.5. The highest BCUT2D eigenvalue weighted by Gasteiger charge is 2.42. The molecule has 1 aromatic heterocycles. The molecule has 3 N–H and O–H groups in total. The minimum absolute atomic E-state index is 0.0517. The number of methoxy groups -OCH3 is 1. The molecular formula is C22H26N2O3. The fraction of sp³-hybridized carbons (Fsp3) is 0.364. The molecule has 4 rings (SSSR count). The molecule has 142 valence electrons. The number of aryl methyl sites for hydroxylation is 1. The molecule has 0 saturated heterocycles. The summed E-state index contributed by atoms with van der Waals surface area (Å²) in [6.45, 7) is 0.641. The minimum Gasteiger partial charge on any atom is -0.497 e. The average molecular weight is 366 g/mol. The number of rotatable bonds is 5. The summed E-state index contributed by atoms with van der Waals surface area (Å²) in [4.78, 5) is 0. The molecular weight excluding hydrogens is 340 g/mol. The Morgan fingerprint density at radius 2 is 1.85 bits per heavy atom. The quantitative estimate of drug-likeness (QED) is 0.649. The predicted octanol–water partition coefficient (Wildman–Crippen LogP) is 2.55. The van der Waals surface area contributed by atoms with E-state index in [1.165, 1.54) is 16.5 Å². The van der Waals surface area contributed by atoms with Gasteiger partial charge in [0.1, 0.15) is 5.75 Å². The highest BCUT2D eigenvalue weighted by Crippen LogP contribution is 2.36. The zero-order chi connectivity index (χ0) is 19.0. The third kappa shape index (κ3) is 3.34. The van der Waals surface area contributed by atoms with E-state index < -0.39 is 12.2 Å². The van der Waals surface area contributed by atoms with Crippen LogP contribution in [0.25, 0.3) is 10.9 Å². The first-order chi connectivity index (χ1) is 13.1. The zero-order valence-corrected chi connectivity index (χ0v) is 15.7. The SMILES string of the molecule is COc1ccc(C2CC(O)C(O)C2NCc2cn(C)c3ccccc23)cc1. The normalized spacial score (nSPS) is 25.2. The van der Waals surface area contributed by atoms with Crippen LogP contribution in [0.1, 0.15) is 23.5 Å². The van der Waals surface area contributed by atoms with Crippen LogP contribution in [-0.4, -0.2) is 40.1 Å². The first-order valence-corrected chi connectivity index (χ1v) is 9.35. The van der Waals surface area contributed by atoms with Crippen molar-refractivity contribution in [3.8, 4) is 5.75 Å². The average Bonchev–Trinajstić information content (AvgIpc) is 3.17. The second-order valence-corrected chi connectivity index (χ2v) is 7.36. The number of ether oxygens (including phenoxy) is 1. The van der Waals surface area contributed by atoms with Crippen LogP contribution < -0.4 is 10.1 Å². The number of nitrogens with one attached hydrogen (secondary N) is 1. The van der Waals surface area contributed by atoms with E-state index in [2.05, 4.69) is 28.2 Å². The van der Waals surface area contributed by atoms with Gasteiger partial charge in [-0.3, -0.25) is 0 Å². The molecule has 1 fully saturated rings. The number of hydrogen-bond acceptors (Lipinski definition) is 4. The van der Waals surface area contributed by atoms with E-state index in [1.54, 1.807) is 7.11 Å². The molecule has 1 heterocycles. The smallest absolute Gasteiger partial charge is 0.118 e. The van der Waals surface area contributed by atoms with Crippen LogP contribution in [0.2, 0.25) is 0 Å². The standard InChI is InChI=1S/C22H26N2O3/c1-24-13-15(17-5-3-4-6-19(17)24)12-23-21-18(11-20(25)22(21)26)14-7-9-16(27-2)10-8-14/h3-10,13,18,20-23,25-26H,11-12H2,1-2H3. The fourth-order valence-corrected chi connectivity index (χ4v) is 4.28. The third-order valence-electron chi connectivity index (χ3n) is 5.74. The van der Waals surface area contributed by atoms with E-state index in [0.717, 1.165) is 11.3 Å². The zero-order valence-electron chi connectivity index (χ0n) is 15.7. The highest BCUT2D eigenvalue weighted by atomic mass is 16.5. The van der Waals surface area contributed by atoms with Gasteiger partial charge in [-0.2, -0.15) is 0 Å². The molecule has 5 nitrogen and oxygen atoms in total. The minimum atomic E-state index is -0.785. The van der Waals surface area contributed by atoms with Crippen molar-refractivity contribution in [1.29, 1.82) is 0 Å². The number of hydrogen-bond donors (Lipinski definition) is 3. The number of aromatic nitrogens is 1. The van der Waals surface area contributed by atoms with Crippen molar-refractivity contribution in [2.45, 2.75) is 37.1 Å². The summed E-state index contributed by atoms with van der Waals surface area (Å²) >= 11 is 0. The van der Waals surface area contributed by atoms with E-state index in [0.29, 0.717) is 13.0 Å². The first-order valence-electron chi connectivity index (χ1n) is 9.35. The van der Waals surface area contributed by atoms with Crippen molar-refractivity contribution in [2.24, 2.45) is 7.05 Å². The maximum absolute atomic E-state index is 10.5. The van der Waals surface area contributed by atoms with Gasteiger partial charge in [-0.15, -0.1) is 0 Å². The molecule has 5 heteroatoms. The second-order valence-electron chi connectivity index (χ2n) is 7.36. The van der Waals surface area contributed by atoms with Gasteiger partial charge in [0.2, 0.25) is 0 Å². The molecule has 4 atom stereocenters. The van der Waals surface area contributed by atoms with Crippen molar-refractivity contribution in [2.75, 3.05) is 7.11 Å². The summed E-state index contributed by atoms with van der Waals surface area (Å²) in [6.07, 6.45) is 1.16. The van der Waals surface area contributed by atoms with Crippen LogP contribution in [0, 0.1) is 0 Å². The van der Waals surface area contributed by atoms with Gasteiger partial charge in [-0.05, 0) is 35.7 Å². The molecule has 0 radical (unpaired) electrons. The molecule has 2 aromatic carbocycles. The van der Waals surface area contributed by atoms with Crippen molar-refractivity contribution < 1.29 is 14.9 Å². The largest absolute Gasteiger partial charge is 0.497 e. The lowest BCUT2D eigenvalue weighted by Crippen LogP contribution is -2.41. The van der Waals surface area contributed by atoms with Gasteiger partial charge >= 0.3 is 0 Å². The first kappa shape index (κ1) is 18.0. The summed E-state index contributed by atoms with van der Waals surface area (Å²) in [5.74, 6) is 0.856. The number of para-hydroxylation sites is 1. The van der Waals surface area contributed by atoms with Gasteiger partial charge < -0.3 is 24.8 Å². The molecule has 1 aliphatic rings. The molecule has 0 spiro atoms. The van der Waals surface area contributed by atoms with Gasteiger partial charge in [0, 0.05) is 42.7 Å². The van der Waals surface area contributed by atoms with Crippen LogP contribution >= 0.6 is 0 Å². The van der Waals surface area contributed by atoms with Gasteiger partial charge in [-0.25, -0.2) is 0 Å². The Hall–Kier alpha value is -2.34. The van der Waals surface area contributed by atoms with Crippen molar-refractivity contribution in [1.82, 2.24) is 9.88 Å².